The van der Waals surface area contributed by atoms with Crippen LogP contribution in [0.5, 0.6) is 0 Å². The summed E-state index contributed by atoms with van der Waals surface area (Å²) in [5, 5.41) is 4.26. The largest absolute Gasteiger partial charge is 0.374 e. The van der Waals surface area contributed by atoms with Crippen LogP contribution in [0.1, 0.15) is 18.9 Å². The first kappa shape index (κ1) is 12.3. The van der Waals surface area contributed by atoms with Crippen molar-refractivity contribution >= 4 is 5.69 Å². The van der Waals surface area contributed by atoms with Crippen LogP contribution in [-0.4, -0.2) is 23.4 Å². The second-order valence-electron chi connectivity index (χ2n) is 5.61. The van der Waals surface area contributed by atoms with Gasteiger partial charge in [-0.15, -0.1) is 0 Å². The zero-order valence-corrected chi connectivity index (χ0v) is 11.9. The highest BCUT2D eigenvalue weighted by Crippen LogP contribution is 2.33. The molecule has 0 saturated heterocycles. The van der Waals surface area contributed by atoms with Crippen molar-refractivity contribution in [3.63, 3.8) is 0 Å². The Morgan fingerprint density at radius 3 is 2.79 bits per heavy atom. The number of anilines is 1. The summed E-state index contributed by atoms with van der Waals surface area (Å²) >= 11 is 0. The van der Waals surface area contributed by atoms with Crippen LogP contribution in [0.3, 0.4) is 0 Å². The number of aryl methyl sites for hydroxylation is 1. The Bertz CT molecular complexity index is 585. The second kappa shape index (κ2) is 4.72. The van der Waals surface area contributed by atoms with Crippen molar-refractivity contribution in [2.45, 2.75) is 19.8 Å². The lowest BCUT2D eigenvalue weighted by Gasteiger charge is -2.33. The molecule has 19 heavy (non-hydrogen) atoms. The minimum atomic E-state index is 0.779. The molecule has 3 nitrogen and oxygen atoms in total. The van der Waals surface area contributed by atoms with Gasteiger partial charge in [0.05, 0.1) is 6.20 Å². The number of benzene rings is 1. The molecule has 1 atom stereocenters. The van der Waals surface area contributed by atoms with Crippen molar-refractivity contribution in [1.82, 2.24) is 9.78 Å². The van der Waals surface area contributed by atoms with Gasteiger partial charge in [-0.25, -0.2) is 0 Å². The van der Waals surface area contributed by atoms with Gasteiger partial charge in [-0.2, -0.15) is 5.10 Å². The normalized spacial score (nSPS) is 18.5. The van der Waals surface area contributed by atoms with Gasteiger partial charge in [-0.3, -0.25) is 4.68 Å². The van der Waals surface area contributed by atoms with E-state index in [9.17, 15) is 0 Å². The average molecular weight is 255 g/mol. The first-order valence-corrected chi connectivity index (χ1v) is 7.00. The van der Waals surface area contributed by atoms with E-state index in [0.717, 1.165) is 5.92 Å². The van der Waals surface area contributed by atoms with Gasteiger partial charge in [-0.1, -0.05) is 19.4 Å². The van der Waals surface area contributed by atoms with Gasteiger partial charge >= 0.3 is 0 Å². The smallest absolute Gasteiger partial charge is 0.0568 e. The molecule has 3 heteroatoms. The van der Waals surface area contributed by atoms with E-state index in [-0.39, 0.29) is 0 Å². The van der Waals surface area contributed by atoms with E-state index >= 15 is 0 Å². The Hall–Kier alpha value is -1.77. The molecule has 0 N–H and O–H groups in total. The van der Waals surface area contributed by atoms with E-state index in [4.69, 9.17) is 0 Å². The lowest BCUT2D eigenvalue weighted by Crippen LogP contribution is -2.31. The van der Waals surface area contributed by atoms with Crippen LogP contribution in [0.2, 0.25) is 0 Å². The molecule has 3 rings (SSSR count). The first-order valence-electron chi connectivity index (χ1n) is 7.00. The summed E-state index contributed by atoms with van der Waals surface area (Å²) in [6.45, 7) is 3.46. The van der Waals surface area contributed by atoms with Gasteiger partial charge in [0, 0.05) is 38.1 Å². The Balaban J connectivity index is 1.99. The summed E-state index contributed by atoms with van der Waals surface area (Å²) in [5.41, 5.74) is 5.34. The number of hydrogen-bond donors (Lipinski definition) is 0. The molecule has 2 aromatic rings. The lowest BCUT2D eigenvalue weighted by molar-refractivity contribution is 0.489. The highest BCUT2D eigenvalue weighted by molar-refractivity contribution is 5.68. The summed E-state index contributed by atoms with van der Waals surface area (Å²) in [4.78, 5) is 2.39. The number of fused-ring (bicyclic) bond motifs is 1. The summed E-state index contributed by atoms with van der Waals surface area (Å²) in [7, 11) is 4.16. The van der Waals surface area contributed by atoms with E-state index in [0.29, 0.717) is 0 Å². The van der Waals surface area contributed by atoms with E-state index in [1.807, 2.05) is 17.9 Å². The molecule has 1 aromatic heterocycles. The molecule has 1 aliphatic rings. The predicted molar refractivity (Wildman–Crippen MR) is 79.4 cm³/mol. The molecule has 100 valence electrons. The molecule has 0 radical (unpaired) electrons. The number of nitrogens with zero attached hydrogens (tertiary/aromatic N) is 3. The number of hydrogen-bond acceptors (Lipinski definition) is 2. The maximum Gasteiger partial charge on any atom is 0.0568 e. The van der Waals surface area contributed by atoms with Crippen LogP contribution in [0, 0.1) is 5.92 Å². The maximum atomic E-state index is 4.26. The fourth-order valence-electron chi connectivity index (χ4n) is 3.01. The topological polar surface area (TPSA) is 21.1 Å². The van der Waals surface area contributed by atoms with Gasteiger partial charge in [0.25, 0.3) is 0 Å². The first-order chi connectivity index (χ1) is 9.17. The van der Waals surface area contributed by atoms with Crippen molar-refractivity contribution in [3.8, 4) is 11.1 Å². The Labute approximate surface area is 114 Å². The third-order valence-corrected chi connectivity index (χ3v) is 4.15. The highest BCUT2D eigenvalue weighted by atomic mass is 15.2. The molecule has 0 unspecified atom stereocenters. The highest BCUT2D eigenvalue weighted by Gasteiger charge is 2.21. The standard InChI is InChI=1S/C16H21N3/c1-4-12-7-14-8-13(15-9-17-19(3)11-15)5-6-16(14)18(2)10-12/h5-6,8-9,11-12H,4,7,10H2,1-3H3/t12-/m1/s1. The molecule has 0 saturated carbocycles. The summed E-state index contributed by atoms with van der Waals surface area (Å²) in [6.07, 6.45) is 6.46. The van der Waals surface area contributed by atoms with E-state index in [2.05, 4.69) is 48.4 Å². The van der Waals surface area contributed by atoms with Crippen molar-refractivity contribution in [2.24, 2.45) is 13.0 Å². The van der Waals surface area contributed by atoms with E-state index in [1.165, 1.54) is 41.8 Å². The van der Waals surface area contributed by atoms with Crippen molar-refractivity contribution in [1.29, 1.82) is 0 Å². The Morgan fingerprint density at radius 1 is 1.26 bits per heavy atom. The Morgan fingerprint density at radius 2 is 2.11 bits per heavy atom. The summed E-state index contributed by atoms with van der Waals surface area (Å²) in [5.74, 6) is 0.779. The van der Waals surface area contributed by atoms with E-state index < -0.39 is 0 Å². The molecule has 0 bridgehead atoms. The third-order valence-electron chi connectivity index (χ3n) is 4.15. The minimum absolute atomic E-state index is 0.779. The summed E-state index contributed by atoms with van der Waals surface area (Å²) in [6, 6.07) is 6.80. The molecule has 0 spiro atoms. The SMILES string of the molecule is CC[C@@H]1Cc2cc(-c3cnn(C)c3)ccc2N(C)C1. The molecule has 0 fully saturated rings. The van der Waals surface area contributed by atoms with Gasteiger partial charge in [0.15, 0.2) is 0 Å². The molecule has 1 aliphatic heterocycles. The summed E-state index contributed by atoms with van der Waals surface area (Å²) < 4.78 is 1.86. The minimum Gasteiger partial charge on any atom is -0.374 e. The van der Waals surface area contributed by atoms with Crippen LogP contribution in [-0.2, 0) is 13.5 Å². The monoisotopic (exact) mass is 255 g/mol. The zero-order chi connectivity index (χ0) is 13.4. The van der Waals surface area contributed by atoms with Crippen molar-refractivity contribution < 1.29 is 0 Å². The second-order valence-corrected chi connectivity index (χ2v) is 5.61. The maximum absolute atomic E-state index is 4.26. The van der Waals surface area contributed by atoms with Crippen LogP contribution in [0.25, 0.3) is 11.1 Å². The Kier molecular flexibility index (Phi) is 3.05. The molecule has 0 aliphatic carbocycles. The van der Waals surface area contributed by atoms with E-state index in [1.54, 1.807) is 0 Å². The van der Waals surface area contributed by atoms with Crippen molar-refractivity contribution in [3.05, 3.63) is 36.2 Å². The molecular formula is C16H21N3. The quantitative estimate of drug-likeness (QED) is 0.822. The van der Waals surface area contributed by atoms with Gasteiger partial charge < -0.3 is 4.90 Å². The fraction of sp³-hybridized carbons (Fsp3) is 0.438. The fourth-order valence-corrected chi connectivity index (χ4v) is 3.01. The molecule has 2 heterocycles. The van der Waals surface area contributed by atoms with Gasteiger partial charge in [-0.05, 0) is 35.6 Å². The predicted octanol–water partition coefficient (Wildman–Crippen LogP) is 3.11. The van der Waals surface area contributed by atoms with Crippen LogP contribution < -0.4 is 4.90 Å². The third kappa shape index (κ3) is 2.25. The molecule has 1 aromatic carbocycles. The molecular weight excluding hydrogens is 234 g/mol. The number of aromatic nitrogens is 2. The van der Waals surface area contributed by atoms with Crippen LogP contribution in [0.4, 0.5) is 5.69 Å². The average Bonchev–Trinajstić information content (AvgIpc) is 2.84. The van der Waals surface area contributed by atoms with Crippen LogP contribution >= 0.6 is 0 Å². The lowest BCUT2D eigenvalue weighted by atomic mass is 9.89. The van der Waals surface area contributed by atoms with Crippen LogP contribution in [0.15, 0.2) is 30.6 Å². The van der Waals surface area contributed by atoms with Crippen molar-refractivity contribution in [2.75, 3.05) is 18.5 Å². The number of rotatable bonds is 2. The van der Waals surface area contributed by atoms with Gasteiger partial charge in [0.1, 0.15) is 0 Å². The zero-order valence-electron chi connectivity index (χ0n) is 11.9. The van der Waals surface area contributed by atoms with Gasteiger partial charge in [0.2, 0.25) is 0 Å². The molecule has 0 amide bonds.